The van der Waals surface area contributed by atoms with Crippen molar-refractivity contribution in [1.29, 1.82) is 0 Å². The first-order valence-corrected chi connectivity index (χ1v) is 8.55. The van der Waals surface area contributed by atoms with Gasteiger partial charge in [0.15, 0.2) is 0 Å². The van der Waals surface area contributed by atoms with Crippen LogP contribution in [0.25, 0.3) is 0 Å². The third-order valence-corrected chi connectivity index (χ3v) is 5.80. The van der Waals surface area contributed by atoms with Crippen molar-refractivity contribution in [3.05, 3.63) is 59.7 Å². The monoisotopic (exact) mass is 297 g/mol. The fraction of sp³-hybridized carbons (Fsp3) is 0.333. The predicted molar refractivity (Wildman–Crippen MR) is 88.1 cm³/mol. The minimum absolute atomic E-state index is 0.303. The van der Waals surface area contributed by atoms with Crippen LogP contribution in [0.5, 0.6) is 0 Å². The highest BCUT2D eigenvalue weighted by Crippen LogP contribution is 2.41. The largest absolute Gasteiger partial charge is 0.388 e. The van der Waals surface area contributed by atoms with Crippen LogP contribution in [0.4, 0.5) is 5.69 Å². The average molecular weight is 297 g/mol. The molecule has 0 bridgehead atoms. The summed E-state index contributed by atoms with van der Waals surface area (Å²) in [5.74, 6) is 1.76. The molecule has 0 amide bonds. The number of aliphatic hydroxyl groups is 1. The standard InChI is InChI=1S/C18H19NOS/c20-17-9-10-19(16-7-3-1-6-15(16)17)11-13-12-21-18-8-4-2-5-14(13)18/h1-8,13,17,20H,9-12H2. The molecule has 4 rings (SSSR count). The Labute approximate surface area is 129 Å². The molecule has 21 heavy (non-hydrogen) atoms. The molecule has 0 fully saturated rings. The fourth-order valence-electron chi connectivity index (χ4n) is 3.45. The molecule has 0 aromatic heterocycles. The van der Waals surface area contributed by atoms with Crippen molar-refractivity contribution >= 4 is 17.4 Å². The maximum absolute atomic E-state index is 10.2. The van der Waals surface area contributed by atoms with Gasteiger partial charge in [0, 0.05) is 40.9 Å². The molecule has 0 spiro atoms. The van der Waals surface area contributed by atoms with E-state index in [0.717, 1.165) is 25.1 Å². The molecule has 2 aliphatic rings. The molecule has 2 nitrogen and oxygen atoms in total. The Hall–Kier alpha value is -1.45. The van der Waals surface area contributed by atoms with Crippen LogP contribution in [-0.4, -0.2) is 23.9 Å². The number of nitrogens with zero attached hydrogens (tertiary/aromatic N) is 1. The van der Waals surface area contributed by atoms with Crippen molar-refractivity contribution < 1.29 is 5.11 Å². The van der Waals surface area contributed by atoms with Crippen molar-refractivity contribution in [2.24, 2.45) is 0 Å². The summed E-state index contributed by atoms with van der Waals surface area (Å²) in [4.78, 5) is 3.89. The van der Waals surface area contributed by atoms with E-state index in [1.165, 1.54) is 21.9 Å². The third-order valence-electron chi connectivity index (χ3n) is 4.55. The lowest BCUT2D eigenvalue weighted by Gasteiger charge is -2.35. The number of fused-ring (bicyclic) bond motifs is 2. The van der Waals surface area contributed by atoms with E-state index in [-0.39, 0.29) is 6.10 Å². The van der Waals surface area contributed by atoms with Crippen molar-refractivity contribution in [2.75, 3.05) is 23.7 Å². The smallest absolute Gasteiger partial charge is 0.0826 e. The summed E-state index contributed by atoms with van der Waals surface area (Å²) in [7, 11) is 0. The van der Waals surface area contributed by atoms with E-state index in [2.05, 4.69) is 47.4 Å². The Kier molecular flexibility index (Phi) is 3.40. The van der Waals surface area contributed by atoms with Gasteiger partial charge in [-0.15, -0.1) is 11.8 Å². The number of hydrogen-bond acceptors (Lipinski definition) is 3. The average Bonchev–Trinajstić information content (AvgIpc) is 2.94. The Morgan fingerprint density at radius 3 is 2.71 bits per heavy atom. The Morgan fingerprint density at radius 1 is 1.05 bits per heavy atom. The summed E-state index contributed by atoms with van der Waals surface area (Å²) in [5, 5.41) is 10.2. The predicted octanol–water partition coefficient (Wildman–Crippen LogP) is 3.82. The molecule has 3 heteroatoms. The first-order valence-electron chi connectivity index (χ1n) is 7.56. The molecular formula is C18H19NOS. The normalized spacial score (nSPS) is 23.8. The minimum Gasteiger partial charge on any atom is -0.388 e. The fourth-order valence-corrected chi connectivity index (χ4v) is 4.69. The molecule has 0 radical (unpaired) electrons. The summed E-state index contributed by atoms with van der Waals surface area (Å²) in [6.45, 7) is 2.00. The molecule has 1 N–H and O–H groups in total. The van der Waals surface area contributed by atoms with Gasteiger partial charge in [-0.05, 0) is 24.1 Å². The quantitative estimate of drug-likeness (QED) is 0.911. The van der Waals surface area contributed by atoms with Gasteiger partial charge in [-0.3, -0.25) is 0 Å². The molecule has 2 aliphatic heterocycles. The second-order valence-electron chi connectivity index (χ2n) is 5.86. The van der Waals surface area contributed by atoms with E-state index < -0.39 is 0 Å². The molecule has 2 unspecified atom stereocenters. The van der Waals surface area contributed by atoms with Crippen LogP contribution in [0.2, 0.25) is 0 Å². The van der Waals surface area contributed by atoms with Crippen molar-refractivity contribution in [1.82, 2.24) is 0 Å². The molecule has 2 atom stereocenters. The van der Waals surface area contributed by atoms with Crippen LogP contribution in [0.3, 0.4) is 0 Å². The summed E-state index contributed by atoms with van der Waals surface area (Å²) in [5.41, 5.74) is 3.79. The molecule has 2 aromatic carbocycles. The molecule has 0 saturated heterocycles. The van der Waals surface area contributed by atoms with E-state index in [0.29, 0.717) is 5.92 Å². The van der Waals surface area contributed by atoms with Crippen molar-refractivity contribution in [3.8, 4) is 0 Å². The maximum Gasteiger partial charge on any atom is 0.0826 e. The Balaban J connectivity index is 1.61. The molecule has 0 saturated carbocycles. The van der Waals surface area contributed by atoms with Gasteiger partial charge in [-0.25, -0.2) is 0 Å². The lowest BCUT2D eigenvalue weighted by molar-refractivity contribution is 0.164. The van der Waals surface area contributed by atoms with Gasteiger partial charge in [0.2, 0.25) is 0 Å². The van der Waals surface area contributed by atoms with Gasteiger partial charge in [0.1, 0.15) is 0 Å². The van der Waals surface area contributed by atoms with E-state index in [9.17, 15) is 5.11 Å². The van der Waals surface area contributed by atoms with E-state index in [4.69, 9.17) is 0 Å². The molecule has 2 aromatic rings. The maximum atomic E-state index is 10.2. The number of para-hydroxylation sites is 1. The van der Waals surface area contributed by atoms with Gasteiger partial charge in [-0.1, -0.05) is 36.4 Å². The summed E-state index contributed by atoms with van der Waals surface area (Å²) in [6, 6.07) is 17.1. The highest BCUT2D eigenvalue weighted by molar-refractivity contribution is 7.99. The Bertz CT molecular complexity index is 657. The van der Waals surface area contributed by atoms with Crippen molar-refractivity contribution in [3.63, 3.8) is 0 Å². The van der Waals surface area contributed by atoms with Crippen LogP contribution >= 0.6 is 11.8 Å². The Morgan fingerprint density at radius 2 is 1.81 bits per heavy atom. The van der Waals surface area contributed by atoms with Gasteiger partial charge < -0.3 is 10.0 Å². The summed E-state index contributed by atoms with van der Waals surface area (Å²) < 4.78 is 0. The van der Waals surface area contributed by atoms with Crippen LogP contribution < -0.4 is 4.90 Å². The topological polar surface area (TPSA) is 23.5 Å². The zero-order chi connectivity index (χ0) is 14.2. The second-order valence-corrected chi connectivity index (χ2v) is 6.92. The summed E-state index contributed by atoms with van der Waals surface area (Å²) >= 11 is 1.97. The number of rotatable bonds is 2. The molecule has 0 aliphatic carbocycles. The first-order chi connectivity index (χ1) is 10.3. The molecular weight excluding hydrogens is 278 g/mol. The third kappa shape index (κ3) is 2.34. The number of thioether (sulfide) groups is 1. The minimum atomic E-state index is -0.303. The second kappa shape index (κ2) is 5.39. The van der Waals surface area contributed by atoms with Gasteiger partial charge in [0.05, 0.1) is 6.10 Å². The number of aliphatic hydroxyl groups excluding tert-OH is 1. The molecule has 108 valence electrons. The number of anilines is 1. The lowest BCUT2D eigenvalue weighted by Crippen LogP contribution is -2.34. The first kappa shape index (κ1) is 13.2. The zero-order valence-electron chi connectivity index (χ0n) is 11.9. The van der Waals surface area contributed by atoms with Crippen LogP contribution in [0.15, 0.2) is 53.4 Å². The van der Waals surface area contributed by atoms with Gasteiger partial charge in [0.25, 0.3) is 0 Å². The van der Waals surface area contributed by atoms with E-state index in [1.54, 1.807) is 0 Å². The van der Waals surface area contributed by atoms with Gasteiger partial charge in [-0.2, -0.15) is 0 Å². The van der Waals surface area contributed by atoms with Crippen LogP contribution in [0.1, 0.15) is 29.6 Å². The van der Waals surface area contributed by atoms with E-state index in [1.807, 2.05) is 17.8 Å². The molecule has 2 heterocycles. The lowest BCUT2D eigenvalue weighted by atomic mass is 9.95. The van der Waals surface area contributed by atoms with Crippen LogP contribution in [0, 0.1) is 0 Å². The van der Waals surface area contributed by atoms with Gasteiger partial charge >= 0.3 is 0 Å². The summed E-state index contributed by atoms with van der Waals surface area (Å²) in [6.07, 6.45) is 0.529. The zero-order valence-corrected chi connectivity index (χ0v) is 12.7. The number of benzene rings is 2. The highest BCUT2D eigenvalue weighted by Gasteiger charge is 2.28. The highest BCUT2D eigenvalue weighted by atomic mass is 32.2. The SMILES string of the molecule is OC1CCN(CC2CSc3ccccc32)c2ccccc21. The van der Waals surface area contributed by atoms with Crippen LogP contribution in [-0.2, 0) is 0 Å². The number of hydrogen-bond donors (Lipinski definition) is 1. The van der Waals surface area contributed by atoms with E-state index >= 15 is 0 Å². The van der Waals surface area contributed by atoms with Crippen molar-refractivity contribution in [2.45, 2.75) is 23.3 Å².